The molecule has 106 valence electrons. The highest BCUT2D eigenvalue weighted by Crippen LogP contribution is 2.28. The smallest absolute Gasteiger partial charge is 0.119 e. The second kappa shape index (κ2) is 6.37. The van der Waals surface area contributed by atoms with Crippen LogP contribution in [0.4, 0.5) is 0 Å². The number of aromatic nitrogens is 1. The van der Waals surface area contributed by atoms with Gasteiger partial charge in [0.2, 0.25) is 0 Å². The van der Waals surface area contributed by atoms with E-state index in [-0.39, 0.29) is 6.04 Å². The molecule has 1 unspecified atom stereocenters. The Bertz CT molecular complexity index is 520. The highest BCUT2D eigenvalue weighted by molar-refractivity contribution is 7.07. The van der Waals surface area contributed by atoms with Gasteiger partial charge in [0.1, 0.15) is 5.75 Å². The molecule has 1 heterocycles. The van der Waals surface area contributed by atoms with E-state index in [1.165, 1.54) is 18.4 Å². The average molecular weight is 288 g/mol. The first-order valence-electron chi connectivity index (χ1n) is 7.25. The summed E-state index contributed by atoms with van der Waals surface area (Å²) in [6, 6.07) is 8.60. The van der Waals surface area contributed by atoms with E-state index in [0.717, 1.165) is 24.4 Å². The maximum atomic E-state index is 5.80. The van der Waals surface area contributed by atoms with Crippen molar-refractivity contribution in [1.29, 1.82) is 0 Å². The minimum absolute atomic E-state index is 0.177. The quantitative estimate of drug-likeness (QED) is 0.842. The van der Waals surface area contributed by atoms with Gasteiger partial charge in [-0.2, -0.15) is 0 Å². The van der Waals surface area contributed by atoms with Crippen molar-refractivity contribution >= 4 is 11.3 Å². The maximum absolute atomic E-state index is 5.80. The topological polar surface area (TPSA) is 34.1 Å². The van der Waals surface area contributed by atoms with Gasteiger partial charge in [0, 0.05) is 5.38 Å². The molecule has 0 spiro atoms. The summed E-state index contributed by atoms with van der Waals surface area (Å²) in [5.74, 6) is 0.976. The molecule has 0 radical (unpaired) electrons. The molecule has 4 heteroatoms. The fourth-order valence-electron chi connectivity index (χ4n) is 2.16. The van der Waals surface area contributed by atoms with E-state index in [1.54, 1.807) is 11.3 Å². The largest absolute Gasteiger partial charge is 0.490 e. The Morgan fingerprint density at radius 3 is 2.75 bits per heavy atom. The first kappa shape index (κ1) is 13.6. The van der Waals surface area contributed by atoms with Gasteiger partial charge in [-0.05, 0) is 43.5 Å². The Morgan fingerprint density at radius 2 is 2.15 bits per heavy atom. The van der Waals surface area contributed by atoms with E-state index in [1.807, 2.05) is 5.51 Å². The number of hydrogen-bond acceptors (Lipinski definition) is 4. The molecule has 1 aromatic carbocycles. The lowest BCUT2D eigenvalue weighted by molar-refractivity contribution is 0.303. The van der Waals surface area contributed by atoms with Crippen LogP contribution in [0, 0.1) is 0 Å². The van der Waals surface area contributed by atoms with E-state index >= 15 is 0 Å². The second-order valence-electron chi connectivity index (χ2n) is 5.19. The van der Waals surface area contributed by atoms with Crippen LogP contribution in [0.1, 0.15) is 43.5 Å². The van der Waals surface area contributed by atoms with Crippen molar-refractivity contribution < 1.29 is 4.74 Å². The summed E-state index contributed by atoms with van der Waals surface area (Å²) in [6.45, 7) is 3.17. The summed E-state index contributed by atoms with van der Waals surface area (Å²) in [6.07, 6.45) is 3.96. The fraction of sp³-hybridized carbons (Fsp3) is 0.438. The lowest BCUT2D eigenvalue weighted by atomic mass is 10.0. The third kappa shape index (κ3) is 3.38. The van der Waals surface area contributed by atoms with E-state index in [2.05, 4.69) is 46.9 Å². The Kier molecular flexibility index (Phi) is 4.33. The van der Waals surface area contributed by atoms with Crippen molar-refractivity contribution in [1.82, 2.24) is 10.3 Å². The van der Waals surface area contributed by atoms with Crippen molar-refractivity contribution in [3.63, 3.8) is 0 Å². The molecule has 1 aromatic heterocycles. The zero-order valence-electron chi connectivity index (χ0n) is 11.7. The number of nitrogens with zero attached hydrogens (tertiary/aromatic N) is 1. The molecule has 20 heavy (non-hydrogen) atoms. The van der Waals surface area contributed by atoms with Crippen LogP contribution in [-0.2, 0) is 0 Å². The molecule has 0 saturated heterocycles. The minimum atomic E-state index is 0.177. The van der Waals surface area contributed by atoms with Gasteiger partial charge in [0.25, 0.3) is 0 Å². The number of thiazole rings is 1. The summed E-state index contributed by atoms with van der Waals surface area (Å²) in [5.41, 5.74) is 4.23. The van der Waals surface area contributed by atoms with Gasteiger partial charge >= 0.3 is 0 Å². The van der Waals surface area contributed by atoms with Crippen LogP contribution in [0.25, 0.3) is 0 Å². The third-order valence-corrected chi connectivity index (χ3v) is 3.99. The molecule has 1 aliphatic carbocycles. The Hall–Kier alpha value is -1.39. The third-order valence-electron chi connectivity index (χ3n) is 3.39. The number of rotatable bonds is 7. The van der Waals surface area contributed by atoms with E-state index in [9.17, 15) is 0 Å². The molecule has 2 aromatic rings. The van der Waals surface area contributed by atoms with E-state index in [4.69, 9.17) is 4.74 Å². The van der Waals surface area contributed by atoms with Crippen LogP contribution in [0.2, 0.25) is 0 Å². The van der Waals surface area contributed by atoms with Crippen molar-refractivity contribution in [2.75, 3.05) is 6.54 Å². The van der Waals surface area contributed by atoms with Crippen molar-refractivity contribution in [3.8, 4) is 5.75 Å². The molecule has 3 nitrogen and oxygen atoms in total. The minimum Gasteiger partial charge on any atom is -0.490 e. The van der Waals surface area contributed by atoms with Crippen LogP contribution < -0.4 is 10.1 Å². The monoisotopic (exact) mass is 288 g/mol. The van der Waals surface area contributed by atoms with Gasteiger partial charge in [-0.1, -0.05) is 19.1 Å². The second-order valence-corrected chi connectivity index (χ2v) is 5.91. The Balaban J connectivity index is 1.75. The van der Waals surface area contributed by atoms with E-state index < -0.39 is 0 Å². The molecule has 1 atom stereocenters. The summed E-state index contributed by atoms with van der Waals surface area (Å²) < 4.78 is 5.80. The van der Waals surface area contributed by atoms with E-state index in [0.29, 0.717) is 6.10 Å². The van der Waals surface area contributed by atoms with Gasteiger partial charge in [0.15, 0.2) is 0 Å². The van der Waals surface area contributed by atoms with Crippen LogP contribution in [-0.4, -0.2) is 17.6 Å². The van der Waals surface area contributed by atoms with Gasteiger partial charge in [0.05, 0.1) is 23.4 Å². The highest BCUT2D eigenvalue weighted by Gasteiger charge is 2.23. The molecular weight excluding hydrogens is 268 g/mol. The molecule has 0 amide bonds. The molecule has 1 N–H and O–H groups in total. The first-order chi connectivity index (χ1) is 9.86. The van der Waals surface area contributed by atoms with Gasteiger partial charge in [-0.3, -0.25) is 0 Å². The Labute approximate surface area is 124 Å². The predicted molar refractivity (Wildman–Crippen MR) is 82.3 cm³/mol. The molecule has 0 aliphatic heterocycles. The van der Waals surface area contributed by atoms with Crippen molar-refractivity contribution in [3.05, 3.63) is 46.4 Å². The SMILES string of the molecule is CCCNC(c1ccc(OC2CC2)cc1)c1cscn1. The van der Waals surface area contributed by atoms with Gasteiger partial charge in [-0.25, -0.2) is 4.98 Å². The Morgan fingerprint density at radius 1 is 1.35 bits per heavy atom. The lowest BCUT2D eigenvalue weighted by Gasteiger charge is -2.17. The normalized spacial score (nSPS) is 16.1. The van der Waals surface area contributed by atoms with Crippen LogP contribution >= 0.6 is 11.3 Å². The molecule has 1 aliphatic rings. The predicted octanol–water partition coefficient (Wildman–Crippen LogP) is 3.77. The van der Waals surface area contributed by atoms with Gasteiger partial charge in [-0.15, -0.1) is 11.3 Å². The molecule has 1 fully saturated rings. The zero-order valence-corrected chi connectivity index (χ0v) is 12.5. The average Bonchev–Trinajstić information content (AvgIpc) is 3.12. The van der Waals surface area contributed by atoms with Crippen molar-refractivity contribution in [2.24, 2.45) is 0 Å². The summed E-state index contributed by atoms with van der Waals surface area (Å²) in [4.78, 5) is 4.45. The lowest BCUT2D eigenvalue weighted by Crippen LogP contribution is -2.23. The molecule has 1 saturated carbocycles. The number of nitrogens with one attached hydrogen (secondary N) is 1. The molecule has 3 rings (SSSR count). The first-order valence-corrected chi connectivity index (χ1v) is 8.19. The van der Waals surface area contributed by atoms with Crippen LogP contribution in [0.3, 0.4) is 0 Å². The summed E-state index contributed by atoms with van der Waals surface area (Å²) >= 11 is 1.64. The fourth-order valence-corrected chi connectivity index (χ4v) is 2.74. The highest BCUT2D eigenvalue weighted by atomic mass is 32.1. The number of ether oxygens (including phenoxy) is 1. The zero-order chi connectivity index (χ0) is 13.8. The summed E-state index contributed by atoms with van der Waals surface area (Å²) in [5, 5.41) is 5.68. The standard InChI is InChI=1S/C16H20N2OS/c1-2-9-17-16(15-10-20-11-18-15)12-3-5-13(6-4-12)19-14-7-8-14/h3-6,10-11,14,16-17H,2,7-9H2,1H3. The van der Waals surface area contributed by atoms with Crippen LogP contribution in [0.15, 0.2) is 35.2 Å². The van der Waals surface area contributed by atoms with Crippen molar-refractivity contribution in [2.45, 2.75) is 38.3 Å². The number of hydrogen-bond donors (Lipinski definition) is 1. The maximum Gasteiger partial charge on any atom is 0.119 e. The number of benzene rings is 1. The van der Waals surface area contributed by atoms with Gasteiger partial charge < -0.3 is 10.1 Å². The molecular formula is C16H20N2OS. The summed E-state index contributed by atoms with van der Waals surface area (Å²) in [7, 11) is 0. The molecule has 0 bridgehead atoms. The van der Waals surface area contributed by atoms with Crippen LogP contribution in [0.5, 0.6) is 5.75 Å².